The molecule has 2 nitrogen and oxygen atoms in total. The predicted octanol–water partition coefficient (Wildman–Crippen LogP) is 2.30. The molecule has 1 N–H and O–H groups in total. The summed E-state index contributed by atoms with van der Waals surface area (Å²) in [6.45, 7) is 6.39. The van der Waals surface area contributed by atoms with Gasteiger partial charge in [0.15, 0.2) is 5.78 Å². The van der Waals surface area contributed by atoms with Crippen molar-refractivity contribution in [1.29, 1.82) is 0 Å². The van der Waals surface area contributed by atoms with Crippen LogP contribution in [0.15, 0.2) is 11.6 Å². The lowest BCUT2D eigenvalue weighted by atomic mass is 9.67. The average molecular weight is 207 g/mol. The Morgan fingerprint density at radius 1 is 1.33 bits per heavy atom. The Hall–Kier alpha value is -0.630. The molecule has 2 rings (SSSR count). The van der Waals surface area contributed by atoms with E-state index in [1.54, 1.807) is 0 Å². The van der Waals surface area contributed by atoms with Crippen molar-refractivity contribution in [2.45, 2.75) is 39.5 Å². The third kappa shape index (κ3) is 2.15. The molecular weight excluding hydrogens is 186 g/mol. The summed E-state index contributed by atoms with van der Waals surface area (Å²) in [5.41, 5.74) is 1.37. The molecule has 1 spiro atoms. The van der Waals surface area contributed by atoms with Gasteiger partial charge in [-0.3, -0.25) is 4.79 Å². The quantitative estimate of drug-likeness (QED) is 0.715. The van der Waals surface area contributed by atoms with Crippen molar-refractivity contribution in [3.05, 3.63) is 11.6 Å². The Labute approximate surface area is 92.1 Å². The zero-order valence-corrected chi connectivity index (χ0v) is 9.81. The lowest BCUT2D eigenvalue weighted by Crippen LogP contribution is -2.40. The molecule has 0 aromatic heterocycles. The molecule has 0 radical (unpaired) electrons. The zero-order chi connectivity index (χ0) is 10.9. The Morgan fingerprint density at radius 3 is 2.53 bits per heavy atom. The van der Waals surface area contributed by atoms with Crippen LogP contribution >= 0.6 is 0 Å². The second-order valence-corrected chi connectivity index (χ2v) is 5.37. The highest BCUT2D eigenvalue weighted by Gasteiger charge is 2.37. The van der Waals surface area contributed by atoms with Gasteiger partial charge in [-0.15, -0.1) is 0 Å². The van der Waals surface area contributed by atoms with Crippen LogP contribution in [0.25, 0.3) is 0 Å². The van der Waals surface area contributed by atoms with Crippen LogP contribution in [0.1, 0.15) is 39.5 Å². The van der Waals surface area contributed by atoms with Gasteiger partial charge in [-0.25, -0.2) is 0 Å². The first-order valence-electron chi connectivity index (χ1n) is 6.07. The van der Waals surface area contributed by atoms with E-state index >= 15 is 0 Å². The highest BCUT2D eigenvalue weighted by Crippen LogP contribution is 2.42. The van der Waals surface area contributed by atoms with E-state index in [4.69, 9.17) is 0 Å². The molecule has 1 heterocycles. The van der Waals surface area contributed by atoms with Gasteiger partial charge < -0.3 is 5.32 Å². The molecular formula is C13H21NO. The van der Waals surface area contributed by atoms with E-state index in [9.17, 15) is 4.79 Å². The van der Waals surface area contributed by atoms with Crippen LogP contribution in [0.2, 0.25) is 0 Å². The molecule has 1 aliphatic carbocycles. The van der Waals surface area contributed by atoms with Crippen LogP contribution in [0.5, 0.6) is 0 Å². The Morgan fingerprint density at radius 2 is 2.00 bits per heavy atom. The van der Waals surface area contributed by atoms with Crippen LogP contribution < -0.4 is 5.32 Å². The van der Waals surface area contributed by atoms with Crippen molar-refractivity contribution >= 4 is 5.78 Å². The standard InChI is InChI=1S/C13H21NO/c1-10(2)11-3-4-13(9-12(11)15)5-7-14-8-6-13/h3,10,14H,4-9H2,1-2H3. The fourth-order valence-electron chi connectivity index (χ4n) is 2.85. The van der Waals surface area contributed by atoms with Crippen LogP contribution in [0.4, 0.5) is 0 Å². The van der Waals surface area contributed by atoms with Gasteiger partial charge >= 0.3 is 0 Å². The number of nitrogens with one attached hydrogen (secondary N) is 1. The lowest BCUT2D eigenvalue weighted by molar-refractivity contribution is -0.119. The SMILES string of the molecule is CC(C)C1=CCC2(CCNCC2)CC1=O. The molecule has 0 bridgehead atoms. The van der Waals surface area contributed by atoms with Gasteiger partial charge in [-0.2, -0.15) is 0 Å². The topological polar surface area (TPSA) is 29.1 Å². The zero-order valence-electron chi connectivity index (χ0n) is 9.81. The van der Waals surface area contributed by atoms with Gasteiger partial charge in [-0.05, 0) is 49.3 Å². The molecule has 15 heavy (non-hydrogen) atoms. The summed E-state index contributed by atoms with van der Waals surface area (Å²) >= 11 is 0. The number of hydrogen-bond acceptors (Lipinski definition) is 2. The van der Waals surface area contributed by atoms with Crippen LogP contribution in [0.3, 0.4) is 0 Å². The summed E-state index contributed by atoms with van der Waals surface area (Å²) in [4.78, 5) is 12.0. The molecule has 1 fully saturated rings. The Balaban J connectivity index is 2.12. The largest absolute Gasteiger partial charge is 0.317 e. The van der Waals surface area contributed by atoms with E-state index in [0.29, 0.717) is 17.1 Å². The van der Waals surface area contributed by atoms with Crippen molar-refractivity contribution in [1.82, 2.24) is 5.32 Å². The first-order valence-corrected chi connectivity index (χ1v) is 6.07. The van der Waals surface area contributed by atoms with Gasteiger partial charge in [0, 0.05) is 6.42 Å². The highest BCUT2D eigenvalue weighted by atomic mass is 16.1. The molecule has 2 aliphatic rings. The molecule has 0 amide bonds. The van der Waals surface area contributed by atoms with Crippen molar-refractivity contribution in [2.75, 3.05) is 13.1 Å². The first kappa shape index (κ1) is 10.9. The van der Waals surface area contributed by atoms with E-state index in [2.05, 4.69) is 25.2 Å². The molecule has 2 heteroatoms. The van der Waals surface area contributed by atoms with E-state index in [0.717, 1.165) is 31.5 Å². The van der Waals surface area contributed by atoms with Gasteiger partial charge in [-0.1, -0.05) is 19.9 Å². The molecule has 84 valence electrons. The van der Waals surface area contributed by atoms with Gasteiger partial charge in [0.25, 0.3) is 0 Å². The van der Waals surface area contributed by atoms with E-state index in [1.165, 1.54) is 12.8 Å². The summed E-state index contributed by atoms with van der Waals surface area (Å²) in [7, 11) is 0. The van der Waals surface area contributed by atoms with Crippen LogP contribution in [-0.4, -0.2) is 18.9 Å². The second kappa shape index (κ2) is 4.09. The van der Waals surface area contributed by atoms with Crippen molar-refractivity contribution in [3.8, 4) is 0 Å². The summed E-state index contributed by atoms with van der Waals surface area (Å²) in [6.07, 6.45) is 6.45. The smallest absolute Gasteiger partial charge is 0.159 e. The maximum absolute atomic E-state index is 12.0. The van der Waals surface area contributed by atoms with Crippen molar-refractivity contribution in [3.63, 3.8) is 0 Å². The van der Waals surface area contributed by atoms with Gasteiger partial charge in [0.05, 0.1) is 0 Å². The number of ketones is 1. The monoisotopic (exact) mass is 207 g/mol. The minimum atomic E-state index is 0.306. The summed E-state index contributed by atoms with van der Waals surface area (Å²) in [5.74, 6) is 0.801. The molecule has 0 saturated carbocycles. The molecule has 0 aromatic rings. The van der Waals surface area contributed by atoms with Gasteiger partial charge in [0.2, 0.25) is 0 Å². The van der Waals surface area contributed by atoms with Crippen molar-refractivity contribution < 1.29 is 4.79 Å². The predicted molar refractivity (Wildman–Crippen MR) is 61.7 cm³/mol. The number of allylic oxidation sites excluding steroid dienone is 2. The normalized spacial score (nSPS) is 25.8. The average Bonchev–Trinajstić information content (AvgIpc) is 2.18. The number of Topliss-reactive ketones (excluding diaryl/α,β-unsaturated/α-hetero) is 1. The number of piperidine rings is 1. The first-order chi connectivity index (χ1) is 7.13. The number of rotatable bonds is 1. The molecule has 0 aromatic carbocycles. The number of carbonyl (C=O) groups excluding carboxylic acids is 1. The second-order valence-electron chi connectivity index (χ2n) is 5.37. The van der Waals surface area contributed by atoms with E-state index in [-0.39, 0.29) is 0 Å². The van der Waals surface area contributed by atoms with Crippen LogP contribution in [-0.2, 0) is 4.79 Å². The summed E-state index contributed by atoms with van der Waals surface area (Å²) < 4.78 is 0. The molecule has 0 atom stereocenters. The minimum Gasteiger partial charge on any atom is -0.317 e. The third-order valence-corrected chi connectivity index (χ3v) is 3.90. The summed E-state index contributed by atoms with van der Waals surface area (Å²) in [5, 5.41) is 3.37. The Bertz CT molecular complexity index is 285. The molecule has 1 saturated heterocycles. The summed E-state index contributed by atoms with van der Waals surface area (Å²) in [6, 6.07) is 0. The minimum absolute atomic E-state index is 0.306. The molecule has 0 unspecified atom stereocenters. The fraction of sp³-hybridized carbons (Fsp3) is 0.769. The maximum atomic E-state index is 12.0. The maximum Gasteiger partial charge on any atom is 0.159 e. The number of carbonyl (C=O) groups is 1. The highest BCUT2D eigenvalue weighted by molar-refractivity contribution is 5.97. The molecule has 1 aliphatic heterocycles. The van der Waals surface area contributed by atoms with E-state index < -0.39 is 0 Å². The Kier molecular flexibility index (Phi) is 2.96. The van der Waals surface area contributed by atoms with Crippen LogP contribution in [0, 0.1) is 11.3 Å². The number of hydrogen-bond donors (Lipinski definition) is 1. The lowest BCUT2D eigenvalue weighted by Gasteiger charge is -2.39. The van der Waals surface area contributed by atoms with Crippen molar-refractivity contribution in [2.24, 2.45) is 11.3 Å². The fourth-order valence-corrected chi connectivity index (χ4v) is 2.85. The van der Waals surface area contributed by atoms with Gasteiger partial charge in [0.1, 0.15) is 0 Å². The van der Waals surface area contributed by atoms with E-state index in [1.807, 2.05) is 0 Å². The third-order valence-electron chi connectivity index (χ3n) is 3.90.